The number of ether oxygens (including phenoxy) is 2. The van der Waals surface area contributed by atoms with E-state index in [0.717, 1.165) is 5.56 Å². The third kappa shape index (κ3) is 5.50. The Morgan fingerprint density at radius 2 is 1.69 bits per heavy atom. The van der Waals surface area contributed by atoms with E-state index >= 15 is 0 Å². The standard InChI is InChI=1S/C23H29NO5/c1-5-15-24(22(27)28-16-18-9-7-6-8-10-18)23(4,21(25)26)19-11-13-20(14-12-19)29-17(2)3/h6-14,17H,5,15-16H2,1-4H3,(H,25,26). The molecule has 0 fully saturated rings. The summed E-state index contributed by atoms with van der Waals surface area (Å²) in [7, 11) is 0. The summed E-state index contributed by atoms with van der Waals surface area (Å²) in [6, 6.07) is 16.1. The van der Waals surface area contributed by atoms with E-state index in [-0.39, 0.29) is 19.3 Å². The molecule has 1 atom stereocenters. The van der Waals surface area contributed by atoms with E-state index in [1.165, 1.54) is 11.8 Å². The van der Waals surface area contributed by atoms with Crippen molar-refractivity contribution in [2.45, 2.75) is 52.4 Å². The molecule has 0 bridgehead atoms. The molecular formula is C23H29NO5. The number of carboxylic acid groups (broad SMARTS) is 1. The van der Waals surface area contributed by atoms with Gasteiger partial charge in [-0.05, 0) is 50.5 Å². The van der Waals surface area contributed by atoms with Crippen LogP contribution in [-0.2, 0) is 21.7 Å². The van der Waals surface area contributed by atoms with Crippen LogP contribution in [0.25, 0.3) is 0 Å². The molecule has 1 amide bonds. The van der Waals surface area contributed by atoms with Crippen molar-refractivity contribution in [1.82, 2.24) is 4.90 Å². The van der Waals surface area contributed by atoms with Crippen LogP contribution in [0.1, 0.15) is 45.2 Å². The molecule has 0 aliphatic heterocycles. The van der Waals surface area contributed by atoms with Gasteiger partial charge in [0, 0.05) is 6.54 Å². The highest BCUT2D eigenvalue weighted by molar-refractivity contribution is 5.85. The molecule has 0 aliphatic rings. The molecule has 0 saturated carbocycles. The van der Waals surface area contributed by atoms with Crippen molar-refractivity contribution in [3.63, 3.8) is 0 Å². The molecule has 156 valence electrons. The predicted molar refractivity (Wildman–Crippen MR) is 111 cm³/mol. The first-order valence-electron chi connectivity index (χ1n) is 9.78. The number of hydrogen-bond acceptors (Lipinski definition) is 4. The zero-order valence-electron chi connectivity index (χ0n) is 17.4. The first kappa shape index (κ1) is 22.3. The lowest BCUT2D eigenvalue weighted by Crippen LogP contribution is -2.53. The van der Waals surface area contributed by atoms with Crippen LogP contribution in [-0.4, -0.2) is 34.7 Å². The molecular weight excluding hydrogens is 370 g/mol. The molecule has 6 heteroatoms. The number of rotatable bonds is 9. The second-order valence-corrected chi connectivity index (χ2v) is 7.26. The summed E-state index contributed by atoms with van der Waals surface area (Å²) in [4.78, 5) is 26.4. The van der Waals surface area contributed by atoms with E-state index in [2.05, 4.69) is 0 Å². The summed E-state index contributed by atoms with van der Waals surface area (Å²) >= 11 is 0. The number of carbonyl (C=O) groups is 2. The number of benzene rings is 2. The summed E-state index contributed by atoms with van der Waals surface area (Å²) in [5.41, 5.74) is -0.254. The van der Waals surface area contributed by atoms with Crippen molar-refractivity contribution in [3.8, 4) is 5.75 Å². The van der Waals surface area contributed by atoms with Gasteiger partial charge in [0.2, 0.25) is 0 Å². The van der Waals surface area contributed by atoms with Crippen LogP contribution in [0.15, 0.2) is 54.6 Å². The Hall–Kier alpha value is -3.02. The Labute approximate surface area is 172 Å². The maximum atomic E-state index is 12.9. The summed E-state index contributed by atoms with van der Waals surface area (Å²) in [5, 5.41) is 10.1. The van der Waals surface area contributed by atoms with E-state index in [1.54, 1.807) is 24.3 Å². The van der Waals surface area contributed by atoms with Crippen molar-refractivity contribution < 1.29 is 24.2 Å². The van der Waals surface area contributed by atoms with Crippen LogP contribution in [0.5, 0.6) is 5.75 Å². The molecule has 2 aromatic carbocycles. The molecule has 2 aromatic rings. The largest absolute Gasteiger partial charge is 0.491 e. The molecule has 0 spiro atoms. The monoisotopic (exact) mass is 399 g/mol. The zero-order valence-corrected chi connectivity index (χ0v) is 17.4. The molecule has 0 radical (unpaired) electrons. The zero-order chi connectivity index (χ0) is 21.4. The van der Waals surface area contributed by atoms with Gasteiger partial charge < -0.3 is 14.6 Å². The summed E-state index contributed by atoms with van der Waals surface area (Å²) in [6.07, 6.45) is -0.0583. The van der Waals surface area contributed by atoms with Gasteiger partial charge in [-0.25, -0.2) is 9.59 Å². The molecule has 0 heterocycles. The Morgan fingerprint density at radius 1 is 1.07 bits per heavy atom. The lowest BCUT2D eigenvalue weighted by Gasteiger charge is -2.37. The molecule has 0 aliphatic carbocycles. The van der Waals surface area contributed by atoms with Crippen molar-refractivity contribution >= 4 is 12.1 Å². The third-order valence-electron chi connectivity index (χ3n) is 4.62. The average Bonchev–Trinajstić information content (AvgIpc) is 2.70. The van der Waals surface area contributed by atoms with Crippen LogP contribution in [0.4, 0.5) is 4.79 Å². The fraction of sp³-hybridized carbons (Fsp3) is 0.391. The Bertz CT molecular complexity index is 804. The lowest BCUT2D eigenvalue weighted by molar-refractivity contribution is -0.150. The molecule has 29 heavy (non-hydrogen) atoms. The van der Waals surface area contributed by atoms with Crippen LogP contribution in [0, 0.1) is 0 Å². The van der Waals surface area contributed by atoms with Gasteiger partial charge in [-0.3, -0.25) is 4.90 Å². The third-order valence-corrected chi connectivity index (χ3v) is 4.62. The molecule has 1 unspecified atom stereocenters. The molecule has 1 N–H and O–H groups in total. The summed E-state index contributed by atoms with van der Waals surface area (Å²) in [6.45, 7) is 7.58. The topological polar surface area (TPSA) is 76.1 Å². The van der Waals surface area contributed by atoms with Gasteiger partial charge in [0.05, 0.1) is 6.10 Å². The first-order valence-corrected chi connectivity index (χ1v) is 9.78. The van der Waals surface area contributed by atoms with E-state index in [1.807, 2.05) is 51.1 Å². The number of carboxylic acids is 1. The highest BCUT2D eigenvalue weighted by atomic mass is 16.6. The normalized spacial score (nSPS) is 12.9. The number of nitrogens with zero attached hydrogens (tertiary/aromatic N) is 1. The fourth-order valence-electron chi connectivity index (χ4n) is 3.04. The van der Waals surface area contributed by atoms with E-state index in [9.17, 15) is 14.7 Å². The van der Waals surface area contributed by atoms with Gasteiger partial charge in [-0.15, -0.1) is 0 Å². The minimum atomic E-state index is -1.57. The number of amides is 1. The van der Waals surface area contributed by atoms with Gasteiger partial charge in [0.25, 0.3) is 0 Å². The first-order chi connectivity index (χ1) is 13.8. The van der Waals surface area contributed by atoms with E-state index in [0.29, 0.717) is 17.7 Å². The van der Waals surface area contributed by atoms with Crippen LogP contribution >= 0.6 is 0 Å². The second kappa shape index (κ2) is 9.96. The lowest BCUT2D eigenvalue weighted by atomic mass is 9.90. The van der Waals surface area contributed by atoms with Crippen LogP contribution in [0.3, 0.4) is 0 Å². The highest BCUT2D eigenvalue weighted by Gasteiger charge is 2.44. The van der Waals surface area contributed by atoms with E-state index < -0.39 is 17.6 Å². The highest BCUT2D eigenvalue weighted by Crippen LogP contribution is 2.31. The molecule has 0 aromatic heterocycles. The van der Waals surface area contributed by atoms with Crippen molar-refractivity contribution in [1.29, 1.82) is 0 Å². The van der Waals surface area contributed by atoms with E-state index in [4.69, 9.17) is 9.47 Å². The van der Waals surface area contributed by atoms with Gasteiger partial charge in [-0.1, -0.05) is 49.4 Å². The molecule has 6 nitrogen and oxygen atoms in total. The smallest absolute Gasteiger partial charge is 0.411 e. The van der Waals surface area contributed by atoms with Crippen molar-refractivity contribution in [3.05, 3.63) is 65.7 Å². The maximum Gasteiger partial charge on any atom is 0.411 e. The maximum absolute atomic E-state index is 12.9. The molecule has 0 saturated heterocycles. The molecule has 2 rings (SSSR count). The number of hydrogen-bond donors (Lipinski definition) is 1. The quantitative estimate of drug-likeness (QED) is 0.654. The Balaban J connectivity index is 2.28. The van der Waals surface area contributed by atoms with Crippen molar-refractivity contribution in [2.75, 3.05) is 6.54 Å². The predicted octanol–water partition coefficient (Wildman–Crippen LogP) is 4.82. The second-order valence-electron chi connectivity index (χ2n) is 7.26. The average molecular weight is 399 g/mol. The SMILES string of the molecule is CCCN(C(=O)OCc1ccccc1)C(C)(C(=O)O)c1ccc(OC(C)C)cc1. The summed E-state index contributed by atoms with van der Waals surface area (Å²) in [5.74, 6) is -0.481. The minimum absolute atomic E-state index is 0.0104. The minimum Gasteiger partial charge on any atom is -0.491 e. The number of carbonyl (C=O) groups excluding carboxylic acids is 1. The van der Waals surface area contributed by atoms with Gasteiger partial charge in [0.1, 0.15) is 12.4 Å². The van der Waals surface area contributed by atoms with Gasteiger partial charge in [0.15, 0.2) is 5.54 Å². The fourth-order valence-corrected chi connectivity index (χ4v) is 3.04. The van der Waals surface area contributed by atoms with Crippen LogP contribution in [0.2, 0.25) is 0 Å². The van der Waals surface area contributed by atoms with Crippen LogP contribution < -0.4 is 4.74 Å². The van der Waals surface area contributed by atoms with Gasteiger partial charge in [-0.2, -0.15) is 0 Å². The van der Waals surface area contributed by atoms with Gasteiger partial charge >= 0.3 is 12.1 Å². The summed E-state index contributed by atoms with van der Waals surface area (Å²) < 4.78 is 11.1. The Morgan fingerprint density at radius 3 is 2.21 bits per heavy atom. The van der Waals surface area contributed by atoms with Crippen molar-refractivity contribution in [2.24, 2.45) is 0 Å². The number of aliphatic carboxylic acids is 1. The Kier molecular flexibility index (Phi) is 7.65.